The highest BCUT2D eigenvalue weighted by Gasteiger charge is 2.54. The van der Waals surface area contributed by atoms with E-state index in [1.54, 1.807) is 5.01 Å². The molecule has 2 unspecified atom stereocenters. The van der Waals surface area contributed by atoms with E-state index in [-0.39, 0.29) is 39.5 Å². The Morgan fingerprint density at radius 2 is 1.59 bits per heavy atom. The molecular weight excluding hydrogens is 668 g/mol. The van der Waals surface area contributed by atoms with Gasteiger partial charge in [-0.15, -0.1) is 0 Å². The van der Waals surface area contributed by atoms with Crippen LogP contribution in [0, 0.1) is 0 Å². The average Bonchev–Trinajstić information content (AvgIpc) is 3.54. The number of carbonyl (C=O) groups excluding carboxylic acids is 4. The van der Waals surface area contributed by atoms with E-state index in [9.17, 15) is 27.6 Å². The first-order valence-electron chi connectivity index (χ1n) is 17.1. The number of carbonyl (C=O) groups is 4. The van der Waals surface area contributed by atoms with Crippen LogP contribution in [0.4, 0.5) is 16.2 Å². The molecule has 13 heteroatoms. The van der Waals surface area contributed by atoms with Crippen LogP contribution < -0.4 is 10.3 Å². The molecule has 1 N–H and O–H groups in total. The van der Waals surface area contributed by atoms with Gasteiger partial charge in [-0.2, -0.15) is 5.10 Å². The van der Waals surface area contributed by atoms with Crippen molar-refractivity contribution in [2.45, 2.75) is 121 Å². The molecule has 49 heavy (non-hydrogen) atoms. The lowest BCUT2D eigenvalue weighted by molar-refractivity contribution is -0.141. The lowest BCUT2D eigenvalue weighted by Gasteiger charge is -2.23. The Bertz CT molecular complexity index is 1660. The summed E-state index contributed by atoms with van der Waals surface area (Å²) in [5.41, 5.74) is -0.860. The van der Waals surface area contributed by atoms with Crippen LogP contribution in [0.1, 0.15) is 98.3 Å². The number of unbranched alkanes of at least 4 members (excludes halogenated alkanes) is 9. The summed E-state index contributed by atoms with van der Waals surface area (Å²) in [5, 5.41) is 8.54. The number of nitrogens with one attached hydrogen (secondary N) is 1. The molecule has 4 rings (SSSR count). The van der Waals surface area contributed by atoms with Crippen molar-refractivity contribution in [2.75, 3.05) is 16.1 Å². The number of sulfone groups is 1. The normalized spacial score (nSPS) is 18.0. The number of amides is 3. The van der Waals surface area contributed by atoms with Crippen LogP contribution >= 0.6 is 11.6 Å². The smallest absolute Gasteiger partial charge is 0.418 e. The Morgan fingerprint density at radius 3 is 2.16 bits per heavy atom. The monoisotopic (exact) mass is 714 g/mol. The maximum atomic E-state index is 14.0. The fourth-order valence-electron chi connectivity index (χ4n) is 5.99. The van der Waals surface area contributed by atoms with Crippen molar-refractivity contribution in [3.05, 3.63) is 53.6 Å². The summed E-state index contributed by atoms with van der Waals surface area (Å²) in [5.74, 6) is -2.77. The summed E-state index contributed by atoms with van der Waals surface area (Å²) in [6.45, 7) is 6.78. The number of benzene rings is 2. The fourth-order valence-corrected chi connectivity index (χ4v) is 7.67. The highest BCUT2D eigenvalue weighted by Crippen LogP contribution is 2.31. The topological polar surface area (TPSA) is 143 Å². The second kappa shape index (κ2) is 16.8. The van der Waals surface area contributed by atoms with Crippen molar-refractivity contribution in [3.8, 4) is 0 Å². The minimum absolute atomic E-state index is 0.00122. The van der Waals surface area contributed by atoms with Crippen molar-refractivity contribution < 1.29 is 32.3 Å². The highest BCUT2D eigenvalue weighted by atomic mass is 35.5. The van der Waals surface area contributed by atoms with E-state index in [4.69, 9.17) is 16.3 Å². The van der Waals surface area contributed by atoms with Crippen LogP contribution in [0.5, 0.6) is 0 Å². The van der Waals surface area contributed by atoms with Crippen LogP contribution in [0.15, 0.2) is 58.5 Å². The van der Waals surface area contributed by atoms with Gasteiger partial charge in [0.05, 0.1) is 33.1 Å². The molecule has 1 fully saturated rings. The SMILES string of the molecule is CCCCCCCCCCCCS(=O)(=O)c1ccc(NC(=O)C(C(=O)C2=NN(c3ccccc3)C(C)C2)N2C(=O)OC(C)(C)C2=O)c(Cl)c1. The van der Waals surface area contributed by atoms with Crippen molar-refractivity contribution in [1.82, 2.24) is 4.90 Å². The summed E-state index contributed by atoms with van der Waals surface area (Å²) >= 11 is 6.46. The Morgan fingerprint density at radius 1 is 0.980 bits per heavy atom. The number of halogens is 1. The van der Waals surface area contributed by atoms with Gasteiger partial charge in [0.2, 0.25) is 5.78 Å². The summed E-state index contributed by atoms with van der Waals surface area (Å²) in [7, 11) is -3.64. The molecule has 0 aromatic heterocycles. The number of Topliss-reactive ketones (excluding diaryl/α,β-unsaturated/α-hetero) is 1. The third-order valence-corrected chi connectivity index (χ3v) is 10.9. The molecule has 1 saturated heterocycles. The van der Waals surface area contributed by atoms with Gasteiger partial charge < -0.3 is 10.1 Å². The van der Waals surface area contributed by atoms with Gasteiger partial charge in [-0.05, 0) is 57.5 Å². The second-order valence-corrected chi connectivity index (χ2v) is 15.7. The molecule has 0 radical (unpaired) electrons. The van der Waals surface area contributed by atoms with Gasteiger partial charge >= 0.3 is 6.09 Å². The molecule has 0 bridgehead atoms. The predicted octanol–water partition coefficient (Wildman–Crippen LogP) is 7.32. The molecule has 3 amide bonds. The largest absolute Gasteiger partial charge is 0.433 e. The Balaban J connectivity index is 1.45. The van der Waals surface area contributed by atoms with E-state index in [0.717, 1.165) is 31.4 Å². The molecule has 0 spiro atoms. The number of ether oxygens (including phenoxy) is 1. The van der Waals surface area contributed by atoms with Crippen LogP contribution in [0.2, 0.25) is 5.02 Å². The number of rotatable bonds is 18. The minimum Gasteiger partial charge on any atom is -0.433 e. The minimum atomic E-state index is -3.64. The zero-order chi connectivity index (χ0) is 35.8. The molecule has 2 aliphatic heterocycles. The van der Waals surface area contributed by atoms with Crippen LogP contribution in [0.25, 0.3) is 0 Å². The number of hydrogen-bond donors (Lipinski definition) is 1. The van der Waals surface area contributed by atoms with Crippen molar-refractivity contribution in [3.63, 3.8) is 0 Å². The van der Waals surface area contributed by atoms with Crippen LogP contribution in [-0.2, 0) is 29.0 Å². The predicted molar refractivity (Wildman–Crippen MR) is 191 cm³/mol. The zero-order valence-electron chi connectivity index (χ0n) is 28.7. The van der Waals surface area contributed by atoms with E-state index in [2.05, 4.69) is 17.3 Å². The van der Waals surface area contributed by atoms with Crippen molar-refractivity contribution in [2.24, 2.45) is 5.10 Å². The summed E-state index contributed by atoms with van der Waals surface area (Å²) in [6.07, 6.45) is 9.81. The number of nitrogens with zero attached hydrogens (tertiary/aromatic N) is 3. The number of ketones is 1. The first kappa shape index (κ1) is 38.0. The molecule has 2 aliphatic rings. The fraction of sp³-hybridized carbons (Fsp3) is 0.528. The third-order valence-electron chi connectivity index (χ3n) is 8.79. The van der Waals surface area contributed by atoms with E-state index in [1.807, 2.05) is 37.3 Å². The molecule has 2 heterocycles. The van der Waals surface area contributed by atoms with Crippen molar-refractivity contribution in [1.29, 1.82) is 0 Å². The molecule has 11 nitrogen and oxygen atoms in total. The summed E-state index contributed by atoms with van der Waals surface area (Å²) < 4.78 is 31.3. The van der Waals surface area contributed by atoms with Gasteiger partial charge in [0.1, 0.15) is 5.71 Å². The van der Waals surface area contributed by atoms with Gasteiger partial charge in [-0.1, -0.05) is 94.5 Å². The van der Waals surface area contributed by atoms with Gasteiger partial charge in [0.25, 0.3) is 11.8 Å². The number of hydrogen-bond acceptors (Lipinski definition) is 9. The van der Waals surface area contributed by atoms with Gasteiger partial charge in [-0.3, -0.25) is 19.4 Å². The standard InChI is InChI=1S/C36H47ClN4O7S/c1-5-6-7-8-9-10-11-12-13-17-22-49(46,47)27-20-21-29(28(37)24-27)38-33(43)31(40-34(44)36(3,4)48-35(40)45)32(42)30-23-25(2)41(39-30)26-18-15-14-16-19-26/h14-16,18-21,24-25,31H,5-13,17,22-23H2,1-4H3,(H,38,43). The molecular formula is C36H47ClN4O7S. The molecule has 2 aromatic carbocycles. The van der Waals surface area contributed by atoms with E-state index >= 15 is 0 Å². The number of cyclic esters (lactones) is 1. The first-order valence-corrected chi connectivity index (χ1v) is 19.2. The second-order valence-electron chi connectivity index (χ2n) is 13.2. The van der Waals surface area contributed by atoms with E-state index in [0.29, 0.717) is 11.3 Å². The third kappa shape index (κ3) is 9.48. The summed E-state index contributed by atoms with van der Waals surface area (Å²) in [4.78, 5) is 54.4. The van der Waals surface area contributed by atoms with Crippen molar-refractivity contribution >= 4 is 62.2 Å². The van der Waals surface area contributed by atoms with Crippen LogP contribution in [0.3, 0.4) is 0 Å². The first-order chi connectivity index (χ1) is 23.3. The highest BCUT2D eigenvalue weighted by molar-refractivity contribution is 7.91. The number of anilines is 2. The van der Waals surface area contributed by atoms with Gasteiger partial charge in [-0.25, -0.2) is 18.1 Å². The number of para-hydroxylation sites is 1. The Labute approximate surface area is 294 Å². The molecule has 266 valence electrons. The molecule has 0 aliphatic carbocycles. The Kier molecular flexibility index (Phi) is 13.0. The molecule has 2 atom stereocenters. The van der Waals surface area contributed by atoms with E-state index < -0.39 is 45.2 Å². The number of imide groups is 1. The molecule has 2 aromatic rings. The average molecular weight is 715 g/mol. The van der Waals surface area contributed by atoms with Gasteiger partial charge in [0, 0.05) is 6.42 Å². The van der Waals surface area contributed by atoms with E-state index in [1.165, 1.54) is 64.2 Å². The zero-order valence-corrected chi connectivity index (χ0v) is 30.3. The summed E-state index contributed by atoms with van der Waals surface area (Å²) in [6, 6.07) is 10.9. The molecule has 0 saturated carbocycles. The number of hydrazone groups is 1. The van der Waals surface area contributed by atoms with Gasteiger partial charge in [0.15, 0.2) is 21.5 Å². The quantitative estimate of drug-likeness (QED) is 0.125. The lowest BCUT2D eigenvalue weighted by atomic mass is 10.00. The van der Waals surface area contributed by atoms with Crippen LogP contribution in [-0.4, -0.2) is 66.2 Å². The maximum Gasteiger partial charge on any atom is 0.418 e. The Hall–Kier alpha value is -3.77. The maximum absolute atomic E-state index is 14.0. The lowest BCUT2D eigenvalue weighted by Crippen LogP contribution is -2.54.